The molecule has 0 aliphatic carbocycles. The van der Waals surface area contributed by atoms with Gasteiger partial charge in [-0.25, -0.2) is 0 Å². The molecule has 2 N–H and O–H groups in total. The van der Waals surface area contributed by atoms with Crippen molar-refractivity contribution in [3.63, 3.8) is 0 Å². The van der Waals surface area contributed by atoms with Crippen LogP contribution in [0.1, 0.15) is 6.42 Å². The van der Waals surface area contributed by atoms with Crippen LogP contribution in [0.25, 0.3) is 0 Å². The highest BCUT2D eigenvalue weighted by Crippen LogP contribution is 2.16. The smallest absolute Gasteiger partial charge is 0.323 e. The molecule has 1 unspecified atom stereocenters. The first-order chi connectivity index (χ1) is 6.27. The van der Waals surface area contributed by atoms with Crippen LogP contribution >= 0.6 is 12.4 Å². The molecule has 0 radical (unpaired) electrons. The SMILES string of the molecule is Cl.O=C(O)C1CO[C@@H]2COCC[C@@H]2N1. The summed E-state index contributed by atoms with van der Waals surface area (Å²) in [6.07, 6.45) is 0.860. The van der Waals surface area contributed by atoms with Crippen molar-refractivity contribution in [3.8, 4) is 0 Å². The molecule has 2 rings (SSSR count). The van der Waals surface area contributed by atoms with Crippen LogP contribution in [0.2, 0.25) is 0 Å². The van der Waals surface area contributed by atoms with Crippen molar-refractivity contribution in [2.45, 2.75) is 24.6 Å². The summed E-state index contributed by atoms with van der Waals surface area (Å²) in [4.78, 5) is 10.7. The van der Waals surface area contributed by atoms with Gasteiger partial charge in [0.05, 0.1) is 19.3 Å². The summed E-state index contributed by atoms with van der Waals surface area (Å²) in [6.45, 7) is 1.49. The minimum Gasteiger partial charge on any atom is -0.480 e. The number of morpholine rings is 1. The lowest BCUT2D eigenvalue weighted by Crippen LogP contribution is -2.60. The van der Waals surface area contributed by atoms with Gasteiger partial charge >= 0.3 is 5.97 Å². The number of aliphatic carboxylic acids is 1. The van der Waals surface area contributed by atoms with Gasteiger partial charge in [-0.05, 0) is 6.42 Å². The fraction of sp³-hybridized carbons (Fsp3) is 0.875. The summed E-state index contributed by atoms with van der Waals surface area (Å²) in [5.41, 5.74) is 0. The van der Waals surface area contributed by atoms with Crippen LogP contribution in [-0.4, -0.2) is 49.1 Å². The van der Waals surface area contributed by atoms with E-state index in [1.54, 1.807) is 0 Å². The molecule has 6 heteroatoms. The van der Waals surface area contributed by atoms with E-state index in [-0.39, 0.29) is 31.2 Å². The normalized spacial score (nSPS) is 36.7. The van der Waals surface area contributed by atoms with E-state index in [1.807, 2.05) is 0 Å². The highest BCUT2D eigenvalue weighted by molar-refractivity contribution is 5.85. The Morgan fingerprint density at radius 3 is 2.93 bits per heavy atom. The van der Waals surface area contributed by atoms with Crippen LogP contribution in [0.4, 0.5) is 0 Å². The molecule has 2 aliphatic heterocycles. The van der Waals surface area contributed by atoms with E-state index in [0.717, 1.165) is 6.42 Å². The number of hydrogen-bond donors (Lipinski definition) is 2. The maximum Gasteiger partial charge on any atom is 0.323 e. The molecule has 82 valence electrons. The first-order valence-electron chi connectivity index (χ1n) is 4.45. The van der Waals surface area contributed by atoms with Gasteiger partial charge in [0.25, 0.3) is 0 Å². The second-order valence-corrected chi connectivity index (χ2v) is 3.40. The summed E-state index contributed by atoms with van der Waals surface area (Å²) in [5, 5.41) is 11.8. The first-order valence-corrected chi connectivity index (χ1v) is 4.45. The van der Waals surface area contributed by atoms with Crippen molar-refractivity contribution in [1.82, 2.24) is 5.32 Å². The minimum atomic E-state index is -0.843. The van der Waals surface area contributed by atoms with Gasteiger partial charge in [-0.3, -0.25) is 10.1 Å². The zero-order chi connectivity index (χ0) is 9.26. The monoisotopic (exact) mass is 223 g/mol. The molecule has 0 spiro atoms. The Morgan fingerprint density at radius 2 is 2.21 bits per heavy atom. The fourth-order valence-electron chi connectivity index (χ4n) is 1.74. The first kappa shape index (κ1) is 11.7. The molecular formula is C8H14ClNO4. The van der Waals surface area contributed by atoms with E-state index in [9.17, 15) is 4.79 Å². The van der Waals surface area contributed by atoms with Crippen LogP contribution in [0.3, 0.4) is 0 Å². The number of carbonyl (C=O) groups is 1. The number of hydrogen-bond acceptors (Lipinski definition) is 4. The molecule has 0 bridgehead atoms. The number of halogens is 1. The maximum absolute atomic E-state index is 10.7. The largest absolute Gasteiger partial charge is 0.480 e. The predicted molar refractivity (Wildman–Crippen MR) is 50.8 cm³/mol. The number of fused-ring (bicyclic) bond motifs is 1. The van der Waals surface area contributed by atoms with Gasteiger partial charge in [0, 0.05) is 12.6 Å². The lowest BCUT2D eigenvalue weighted by atomic mass is 10.0. The van der Waals surface area contributed by atoms with Gasteiger partial charge in [-0.2, -0.15) is 0 Å². The van der Waals surface area contributed by atoms with Crippen LogP contribution in [0.5, 0.6) is 0 Å². The Hall–Kier alpha value is -0.360. The number of nitrogens with one attached hydrogen (secondary N) is 1. The molecule has 14 heavy (non-hydrogen) atoms. The summed E-state index contributed by atoms with van der Waals surface area (Å²) in [6, 6.07) is -0.414. The predicted octanol–water partition coefficient (Wildman–Crippen LogP) is -0.361. The minimum absolute atomic E-state index is 0. The van der Waals surface area contributed by atoms with Crippen LogP contribution in [0, 0.1) is 0 Å². The van der Waals surface area contributed by atoms with Crippen LogP contribution in [-0.2, 0) is 14.3 Å². The molecule has 2 saturated heterocycles. The zero-order valence-corrected chi connectivity index (χ0v) is 8.46. The summed E-state index contributed by atoms with van der Waals surface area (Å²) in [5.74, 6) is -0.843. The molecule has 3 atom stereocenters. The molecule has 5 nitrogen and oxygen atoms in total. The lowest BCUT2D eigenvalue weighted by molar-refractivity contribution is -0.151. The molecule has 2 fully saturated rings. The van der Waals surface area contributed by atoms with Crippen molar-refractivity contribution in [2.24, 2.45) is 0 Å². The number of carboxylic acid groups (broad SMARTS) is 1. The highest BCUT2D eigenvalue weighted by atomic mass is 35.5. The second-order valence-electron chi connectivity index (χ2n) is 3.40. The molecule has 0 aromatic rings. The van der Waals surface area contributed by atoms with E-state index in [4.69, 9.17) is 14.6 Å². The van der Waals surface area contributed by atoms with Crippen molar-refractivity contribution < 1.29 is 19.4 Å². The Kier molecular flexibility index (Phi) is 4.12. The van der Waals surface area contributed by atoms with E-state index < -0.39 is 12.0 Å². The number of ether oxygens (including phenoxy) is 2. The van der Waals surface area contributed by atoms with Crippen molar-refractivity contribution in [3.05, 3.63) is 0 Å². The fourth-order valence-corrected chi connectivity index (χ4v) is 1.74. The van der Waals surface area contributed by atoms with E-state index in [2.05, 4.69) is 5.32 Å². The van der Waals surface area contributed by atoms with Gasteiger partial charge in [0.1, 0.15) is 6.04 Å². The zero-order valence-electron chi connectivity index (χ0n) is 7.64. The molecule has 0 aromatic carbocycles. The van der Waals surface area contributed by atoms with Crippen molar-refractivity contribution in [2.75, 3.05) is 19.8 Å². The summed E-state index contributed by atoms with van der Waals surface area (Å²) in [7, 11) is 0. The van der Waals surface area contributed by atoms with Gasteiger partial charge in [-0.1, -0.05) is 0 Å². The average Bonchev–Trinajstić information content (AvgIpc) is 2.17. The Balaban J connectivity index is 0.000000980. The quantitative estimate of drug-likeness (QED) is 0.636. The lowest BCUT2D eigenvalue weighted by Gasteiger charge is -2.38. The van der Waals surface area contributed by atoms with Crippen molar-refractivity contribution in [1.29, 1.82) is 0 Å². The third-order valence-electron chi connectivity index (χ3n) is 2.49. The molecular weight excluding hydrogens is 210 g/mol. The van der Waals surface area contributed by atoms with Gasteiger partial charge < -0.3 is 14.6 Å². The van der Waals surface area contributed by atoms with Crippen molar-refractivity contribution >= 4 is 18.4 Å². The highest BCUT2D eigenvalue weighted by Gasteiger charge is 2.35. The Labute approximate surface area is 88.2 Å². The third kappa shape index (κ3) is 2.36. The van der Waals surface area contributed by atoms with Gasteiger partial charge in [0.2, 0.25) is 0 Å². The Morgan fingerprint density at radius 1 is 1.43 bits per heavy atom. The topological polar surface area (TPSA) is 67.8 Å². The second kappa shape index (κ2) is 4.93. The number of carboxylic acids is 1. The molecule has 2 aliphatic rings. The number of rotatable bonds is 1. The molecule has 0 aromatic heterocycles. The maximum atomic E-state index is 10.7. The summed E-state index contributed by atoms with van der Waals surface area (Å²) >= 11 is 0. The molecule has 0 saturated carbocycles. The van der Waals surface area contributed by atoms with Crippen LogP contribution < -0.4 is 5.32 Å². The van der Waals surface area contributed by atoms with Crippen LogP contribution in [0.15, 0.2) is 0 Å². The van der Waals surface area contributed by atoms with E-state index in [1.165, 1.54) is 0 Å². The standard InChI is InChI=1S/C8H13NO4.ClH/c10-8(11)6-3-13-7-4-12-2-1-5(7)9-6;/h5-7,9H,1-4H2,(H,10,11);1H/t5-,6?,7+;/m0./s1. The summed E-state index contributed by atoms with van der Waals surface area (Å²) < 4.78 is 10.6. The van der Waals surface area contributed by atoms with E-state index in [0.29, 0.717) is 13.2 Å². The third-order valence-corrected chi connectivity index (χ3v) is 2.49. The molecule has 2 heterocycles. The molecule has 0 amide bonds. The average molecular weight is 224 g/mol. The van der Waals surface area contributed by atoms with Gasteiger partial charge in [0.15, 0.2) is 0 Å². The Bertz CT molecular complexity index is 214. The van der Waals surface area contributed by atoms with E-state index >= 15 is 0 Å². The van der Waals surface area contributed by atoms with Gasteiger partial charge in [-0.15, -0.1) is 12.4 Å².